The van der Waals surface area contributed by atoms with Gasteiger partial charge in [-0.05, 0) is 42.0 Å². The fourth-order valence-electron chi connectivity index (χ4n) is 2.79. The Morgan fingerprint density at radius 3 is 2.70 bits per heavy atom. The van der Waals surface area contributed by atoms with Crippen LogP contribution in [0.25, 0.3) is 0 Å². The Labute approximate surface area is 132 Å². The summed E-state index contributed by atoms with van der Waals surface area (Å²) in [5, 5.41) is 3.56. The Balaban J connectivity index is 2.12. The monoisotopic (exact) mass is 338 g/mol. The molecule has 2 nitrogen and oxygen atoms in total. The van der Waals surface area contributed by atoms with E-state index in [1.807, 2.05) is 0 Å². The second kappa shape index (κ2) is 6.48. The average molecular weight is 339 g/mol. The van der Waals surface area contributed by atoms with Crippen molar-refractivity contribution < 1.29 is 0 Å². The molecule has 1 heterocycles. The van der Waals surface area contributed by atoms with E-state index in [0.29, 0.717) is 11.3 Å². The van der Waals surface area contributed by atoms with Crippen molar-refractivity contribution in [3.05, 3.63) is 28.2 Å². The molecule has 3 heteroatoms. The minimum atomic E-state index is 0.435. The van der Waals surface area contributed by atoms with Gasteiger partial charge in [-0.15, -0.1) is 0 Å². The molecule has 1 aromatic carbocycles. The van der Waals surface area contributed by atoms with Gasteiger partial charge in [0.25, 0.3) is 0 Å². The molecule has 20 heavy (non-hydrogen) atoms. The Morgan fingerprint density at radius 2 is 2.10 bits per heavy atom. The van der Waals surface area contributed by atoms with Crippen molar-refractivity contribution in [2.75, 3.05) is 24.5 Å². The van der Waals surface area contributed by atoms with E-state index in [1.165, 1.54) is 28.7 Å². The van der Waals surface area contributed by atoms with E-state index in [0.717, 1.165) is 19.6 Å². The Bertz CT molecular complexity index is 454. The fraction of sp³-hybridized carbons (Fsp3) is 0.647. The summed E-state index contributed by atoms with van der Waals surface area (Å²) in [4.78, 5) is 2.54. The number of nitrogens with one attached hydrogen (secondary N) is 1. The molecule has 1 aliphatic heterocycles. The molecule has 0 aromatic heterocycles. The predicted molar refractivity (Wildman–Crippen MR) is 91.3 cm³/mol. The van der Waals surface area contributed by atoms with Crippen LogP contribution < -0.4 is 10.2 Å². The number of halogens is 1. The van der Waals surface area contributed by atoms with Crippen molar-refractivity contribution in [1.82, 2.24) is 5.32 Å². The summed E-state index contributed by atoms with van der Waals surface area (Å²) in [6, 6.07) is 6.67. The zero-order valence-electron chi connectivity index (χ0n) is 13.2. The van der Waals surface area contributed by atoms with Crippen molar-refractivity contribution in [3.63, 3.8) is 0 Å². The number of nitrogens with zero attached hydrogens (tertiary/aromatic N) is 1. The zero-order chi connectivity index (χ0) is 14.8. The van der Waals surface area contributed by atoms with Crippen LogP contribution in [-0.4, -0.2) is 19.6 Å². The van der Waals surface area contributed by atoms with Crippen LogP contribution in [0.2, 0.25) is 0 Å². The van der Waals surface area contributed by atoms with Crippen LogP contribution in [0, 0.1) is 11.3 Å². The molecule has 0 unspecified atom stereocenters. The van der Waals surface area contributed by atoms with Gasteiger partial charge in [0.05, 0.1) is 0 Å². The summed E-state index contributed by atoms with van der Waals surface area (Å²) in [5.41, 5.74) is 3.23. The zero-order valence-corrected chi connectivity index (χ0v) is 14.8. The number of hydrogen-bond donors (Lipinski definition) is 1. The van der Waals surface area contributed by atoms with E-state index < -0.39 is 0 Å². The highest BCUT2D eigenvalue weighted by Gasteiger charge is 2.30. The number of anilines is 1. The molecule has 0 aliphatic carbocycles. The minimum absolute atomic E-state index is 0.435. The highest BCUT2D eigenvalue weighted by atomic mass is 79.9. The molecule has 112 valence electrons. The first kappa shape index (κ1) is 15.8. The van der Waals surface area contributed by atoms with Gasteiger partial charge in [0, 0.05) is 29.8 Å². The quantitative estimate of drug-likeness (QED) is 0.854. The summed E-state index contributed by atoms with van der Waals surface area (Å²) < 4.78 is 1.17. The first-order chi connectivity index (χ1) is 9.37. The van der Waals surface area contributed by atoms with Gasteiger partial charge in [0.1, 0.15) is 0 Å². The van der Waals surface area contributed by atoms with Gasteiger partial charge in [-0.25, -0.2) is 0 Å². The highest BCUT2D eigenvalue weighted by Crippen LogP contribution is 2.35. The van der Waals surface area contributed by atoms with E-state index in [9.17, 15) is 0 Å². The summed E-state index contributed by atoms with van der Waals surface area (Å²) in [5.74, 6) is 0.694. The highest BCUT2D eigenvalue weighted by molar-refractivity contribution is 9.10. The molecule has 1 saturated heterocycles. The summed E-state index contributed by atoms with van der Waals surface area (Å²) in [6.07, 6.45) is 1.28. The second-order valence-electron chi connectivity index (χ2n) is 7.13. The van der Waals surface area contributed by atoms with E-state index in [4.69, 9.17) is 0 Å². The van der Waals surface area contributed by atoms with E-state index in [1.54, 1.807) is 0 Å². The molecule has 0 atom stereocenters. The molecule has 1 fully saturated rings. The van der Waals surface area contributed by atoms with Crippen LogP contribution in [0.3, 0.4) is 0 Å². The molecule has 1 aliphatic rings. The lowest BCUT2D eigenvalue weighted by molar-refractivity contribution is 0.418. The molecule has 0 radical (unpaired) electrons. The Kier molecular flexibility index (Phi) is 5.14. The topological polar surface area (TPSA) is 15.3 Å². The van der Waals surface area contributed by atoms with Crippen LogP contribution >= 0.6 is 15.9 Å². The van der Waals surface area contributed by atoms with Crippen LogP contribution in [0.5, 0.6) is 0 Å². The lowest BCUT2D eigenvalue weighted by Gasteiger charge is -2.25. The third kappa shape index (κ3) is 4.23. The van der Waals surface area contributed by atoms with Crippen LogP contribution in [0.1, 0.15) is 39.7 Å². The largest absolute Gasteiger partial charge is 0.371 e. The number of rotatable bonds is 5. The smallest absolute Gasteiger partial charge is 0.0423 e. The van der Waals surface area contributed by atoms with Gasteiger partial charge in [-0.1, -0.05) is 49.7 Å². The molecule has 0 bridgehead atoms. The standard InChI is InChI=1S/C17H27BrN2/c1-13(2)10-19-11-14-5-6-15(18)9-16(14)20-8-7-17(3,4)12-20/h5-6,9,13,19H,7-8,10-12H2,1-4H3. The minimum Gasteiger partial charge on any atom is -0.371 e. The summed E-state index contributed by atoms with van der Waals surface area (Å²) in [7, 11) is 0. The van der Waals surface area contributed by atoms with Gasteiger partial charge >= 0.3 is 0 Å². The Morgan fingerprint density at radius 1 is 1.35 bits per heavy atom. The van der Waals surface area contributed by atoms with Gasteiger partial charge < -0.3 is 10.2 Å². The summed E-state index contributed by atoms with van der Waals surface area (Å²) in [6.45, 7) is 13.6. The van der Waals surface area contributed by atoms with Crippen molar-refractivity contribution in [1.29, 1.82) is 0 Å². The molecule has 1 aromatic rings. The van der Waals surface area contributed by atoms with Crippen LogP contribution in [-0.2, 0) is 6.54 Å². The van der Waals surface area contributed by atoms with Crippen molar-refractivity contribution in [2.45, 2.75) is 40.7 Å². The molecule has 2 rings (SSSR count). The van der Waals surface area contributed by atoms with E-state index in [-0.39, 0.29) is 0 Å². The Hall–Kier alpha value is -0.540. The maximum Gasteiger partial charge on any atom is 0.0423 e. The first-order valence-electron chi connectivity index (χ1n) is 7.61. The first-order valence-corrected chi connectivity index (χ1v) is 8.41. The van der Waals surface area contributed by atoms with Gasteiger partial charge in [-0.2, -0.15) is 0 Å². The second-order valence-corrected chi connectivity index (χ2v) is 8.05. The van der Waals surface area contributed by atoms with Crippen LogP contribution in [0.4, 0.5) is 5.69 Å². The van der Waals surface area contributed by atoms with E-state index in [2.05, 4.69) is 72.0 Å². The lowest BCUT2D eigenvalue weighted by atomic mass is 9.93. The molecule has 0 amide bonds. The molecule has 0 saturated carbocycles. The molecule has 0 spiro atoms. The van der Waals surface area contributed by atoms with Crippen molar-refractivity contribution in [3.8, 4) is 0 Å². The molecule has 1 N–H and O–H groups in total. The van der Waals surface area contributed by atoms with E-state index >= 15 is 0 Å². The lowest BCUT2D eigenvalue weighted by Crippen LogP contribution is -2.26. The normalized spacial score (nSPS) is 18.0. The SMILES string of the molecule is CC(C)CNCc1ccc(Br)cc1N1CCC(C)(C)C1. The van der Waals surface area contributed by atoms with Crippen LogP contribution in [0.15, 0.2) is 22.7 Å². The van der Waals surface area contributed by atoms with Crippen molar-refractivity contribution in [2.24, 2.45) is 11.3 Å². The van der Waals surface area contributed by atoms with Crippen molar-refractivity contribution >= 4 is 21.6 Å². The number of benzene rings is 1. The third-order valence-electron chi connectivity index (χ3n) is 3.93. The maximum absolute atomic E-state index is 3.62. The molecular formula is C17H27BrN2. The predicted octanol–water partition coefficient (Wildman–Crippen LogP) is 4.43. The van der Waals surface area contributed by atoms with Gasteiger partial charge in [0.2, 0.25) is 0 Å². The number of hydrogen-bond acceptors (Lipinski definition) is 2. The molecular weight excluding hydrogens is 312 g/mol. The van der Waals surface area contributed by atoms with Gasteiger partial charge in [-0.3, -0.25) is 0 Å². The van der Waals surface area contributed by atoms with Gasteiger partial charge in [0.15, 0.2) is 0 Å². The fourth-order valence-corrected chi connectivity index (χ4v) is 3.14. The third-order valence-corrected chi connectivity index (χ3v) is 4.43. The summed E-state index contributed by atoms with van der Waals surface area (Å²) >= 11 is 3.62. The average Bonchev–Trinajstić information content (AvgIpc) is 2.71. The maximum atomic E-state index is 3.62.